The number of pyridine rings is 1. The molecule has 0 spiro atoms. The van der Waals surface area contributed by atoms with Crippen LogP contribution in [0.25, 0.3) is 0 Å². The molecule has 2 nitrogen and oxygen atoms in total. The van der Waals surface area contributed by atoms with Crippen LogP contribution >= 0.6 is 0 Å². The van der Waals surface area contributed by atoms with Gasteiger partial charge in [0.25, 0.3) is 0 Å². The Morgan fingerprint density at radius 1 is 1.18 bits per heavy atom. The summed E-state index contributed by atoms with van der Waals surface area (Å²) in [5.41, 5.74) is 1.21. The maximum Gasteiger partial charge on any atom is 0.226 e. The lowest BCUT2D eigenvalue weighted by atomic mass is 10.3. The minimum absolute atomic E-state index is 0.778. The first-order chi connectivity index (χ1) is 5.00. The first kappa shape index (κ1) is 8.21. The van der Waals surface area contributed by atoms with Crippen LogP contribution < -0.4 is 4.48 Å². The normalized spacial score (nSPS) is 11.6. The molecule has 0 saturated carbocycles. The highest BCUT2D eigenvalue weighted by molar-refractivity contribution is 5.32. The van der Waals surface area contributed by atoms with Gasteiger partial charge in [-0.25, -0.2) is 4.98 Å². The van der Waals surface area contributed by atoms with Gasteiger partial charge in [-0.1, -0.05) is 6.07 Å². The SMILES string of the molecule is Cc1ccc([N+](C)(C)C)nc1. The molecule has 0 N–H and O–H groups in total. The highest BCUT2D eigenvalue weighted by Crippen LogP contribution is 2.12. The summed E-state index contributed by atoms with van der Waals surface area (Å²) in [5, 5.41) is 0. The average molecular weight is 151 g/mol. The fraction of sp³-hybridized carbons (Fsp3) is 0.444. The molecule has 0 atom stereocenters. The summed E-state index contributed by atoms with van der Waals surface area (Å²) in [6.45, 7) is 2.05. The van der Waals surface area contributed by atoms with Gasteiger partial charge >= 0.3 is 0 Å². The molecule has 0 aromatic carbocycles. The number of hydrogen-bond acceptors (Lipinski definition) is 1. The molecule has 0 aliphatic carbocycles. The van der Waals surface area contributed by atoms with E-state index in [0.717, 1.165) is 10.3 Å². The zero-order valence-electron chi connectivity index (χ0n) is 7.63. The van der Waals surface area contributed by atoms with Crippen LogP contribution in [-0.2, 0) is 0 Å². The third-order valence-electron chi connectivity index (χ3n) is 1.58. The minimum Gasteiger partial charge on any atom is -0.282 e. The van der Waals surface area contributed by atoms with Crippen molar-refractivity contribution in [2.45, 2.75) is 6.92 Å². The smallest absolute Gasteiger partial charge is 0.226 e. The molecule has 1 aromatic rings. The Hall–Kier alpha value is -0.890. The fourth-order valence-electron chi connectivity index (χ4n) is 0.857. The van der Waals surface area contributed by atoms with E-state index in [-0.39, 0.29) is 0 Å². The van der Waals surface area contributed by atoms with Crippen molar-refractivity contribution in [1.29, 1.82) is 0 Å². The molecule has 0 saturated heterocycles. The van der Waals surface area contributed by atoms with Gasteiger partial charge in [0.2, 0.25) is 5.82 Å². The van der Waals surface area contributed by atoms with Gasteiger partial charge in [-0.3, -0.25) is 4.48 Å². The number of quaternary nitrogens is 1. The molecule has 0 radical (unpaired) electrons. The Labute approximate surface area is 68.1 Å². The first-order valence-electron chi connectivity index (χ1n) is 3.75. The summed E-state index contributed by atoms with van der Waals surface area (Å²) < 4.78 is 0.778. The molecule has 11 heavy (non-hydrogen) atoms. The monoisotopic (exact) mass is 151 g/mol. The van der Waals surface area contributed by atoms with Crippen LogP contribution in [0.1, 0.15) is 5.56 Å². The fourth-order valence-corrected chi connectivity index (χ4v) is 0.857. The molecule has 0 fully saturated rings. The zero-order chi connectivity index (χ0) is 8.48. The van der Waals surface area contributed by atoms with Crippen molar-refractivity contribution in [2.75, 3.05) is 21.1 Å². The van der Waals surface area contributed by atoms with Gasteiger partial charge in [-0.15, -0.1) is 0 Å². The standard InChI is InChI=1S/C9H15N2/c1-8-5-6-9(10-7-8)11(2,3)4/h5-7H,1-4H3/q+1. The number of aryl methyl sites for hydroxylation is 1. The molecule has 1 rings (SSSR count). The van der Waals surface area contributed by atoms with Crippen LogP contribution in [0.15, 0.2) is 18.3 Å². The summed E-state index contributed by atoms with van der Waals surface area (Å²) in [7, 11) is 6.33. The Balaban J connectivity index is 2.99. The van der Waals surface area contributed by atoms with Crippen molar-refractivity contribution in [3.63, 3.8) is 0 Å². The Kier molecular flexibility index (Phi) is 1.96. The Bertz CT molecular complexity index is 231. The Morgan fingerprint density at radius 3 is 2.18 bits per heavy atom. The van der Waals surface area contributed by atoms with Crippen LogP contribution in [0.3, 0.4) is 0 Å². The topological polar surface area (TPSA) is 12.9 Å². The van der Waals surface area contributed by atoms with Crippen molar-refractivity contribution in [2.24, 2.45) is 0 Å². The highest BCUT2D eigenvalue weighted by atomic mass is 15.3. The van der Waals surface area contributed by atoms with Crippen LogP contribution in [0.2, 0.25) is 0 Å². The number of rotatable bonds is 1. The molecule has 0 aliphatic heterocycles. The lowest BCUT2D eigenvalue weighted by Crippen LogP contribution is -2.35. The van der Waals surface area contributed by atoms with Gasteiger partial charge < -0.3 is 0 Å². The molecule has 0 amide bonds. The average Bonchev–Trinajstić information content (AvgIpc) is 1.86. The summed E-state index contributed by atoms with van der Waals surface area (Å²) in [6.07, 6.45) is 1.90. The molecule has 1 aromatic heterocycles. The molecule has 1 heterocycles. The summed E-state index contributed by atoms with van der Waals surface area (Å²) in [5.74, 6) is 1.09. The molecular formula is C9H15N2+. The van der Waals surface area contributed by atoms with Gasteiger partial charge in [-0.2, -0.15) is 0 Å². The van der Waals surface area contributed by atoms with E-state index in [4.69, 9.17) is 0 Å². The zero-order valence-corrected chi connectivity index (χ0v) is 7.63. The maximum atomic E-state index is 4.32. The van der Waals surface area contributed by atoms with Crippen molar-refractivity contribution >= 4 is 5.82 Å². The van der Waals surface area contributed by atoms with Crippen LogP contribution in [0.4, 0.5) is 5.82 Å². The predicted molar refractivity (Wildman–Crippen MR) is 48.5 cm³/mol. The van der Waals surface area contributed by atoms with Gasteiger partial charge in [0.15, 0.2) is 0 Å². The maximum absolute atomic E-state index is 4.32. The van der Waals surface area contributed by atoms with E-state index >= 15 is 0 Å². The van der Waals surface area contributed by atoms with Gasteiger partial charge in [0.1, 0.15) is 0 Å². The van der Waals surface area contributed by atoms with E-state index in [1.165, 1.54) is 5.56 Å². The van der Waals surface area contributed by atoms with Crippen LogP contribution in [0.5, 0.6) is 0 Å². The van der Waals surface area contributed by atoms with Crippen molar-refractivity contribution in [1.82, 2.24) is 9.47 Å². The largest absolute Gasteiger partial charge is 0.282 e. The van der Waals surface area contributed by atoms with Crippen molar-refractivity contribution < 1.29 is 0 Å². The number of hydrogen-bond donors (Lipinski definition) is 0. The van der Waals surface area contributed by atoms with E-state index < -0.39 is 0 Å². The van der Waals surface area contributed by atoms with E-state index in [1.807, 2.05) is 13.1 Å². The summed E-state index contributed by atoms with van der Waals surface area (Å²) in [4.78, 5) is 4.32. The Morgan fingerprint density at radius 2 is 1.82 bits per heavy atom. The second-order valence-corrected chi connectivity index (χ2v) is 3.71. The second kappa shape index (κ2) is 2.62. The lowest BCUT2D eigenvalue weighted by Gasteiger charge is -2.21. The van der Waals surface area contributed by atoms with Crippen LogP contribution in [0, 0.1) is 6.92 Å². The quantitative estimate of drug-likeness (QED) is 0.555. The summed E-state index contributed by atoms with van der Waals surface area (Å²) in [6, 6.07) is 4.15. The minimum atomic E-state index is 0.778. The molecule has 0 unspecified atom stereocenters. The van der Waals surface area contributed by atoms with E-state index in [2.05, 4.69) is 38.3 Å². The van der Waals surface area contributed by atoms with E-state index in [9.17, 15) is 0 Å². The lowest BCUT2D eigenvalue weighted by molar-refractivity contribution is 0.473. The van der Waals surface area contributed by atoms with Gasteiger partial charge in [0.05, 0.1) is 21.1 Å². The third kappa shape index (κ3) is 2.02. The van der Waals surface area contributed by atoms with Gasteiger partial charge in [0, 0.05) is 12.3 Å². The molecule has 0 bridgehead atoms. The van der Waals surface area contributed by atoms with Crippen molar-refractivity contribution in [3.8, 4) is 0 Å². The third-order valence-corrected chi connectivity index (χ3v) is 1.58. The van der Waals surface area contributed by atoms with E-state index in [1.54, 1.807) is 0 Å². The molecule has 0 aliphatic rings. The summed E-state index contributed by atoms with van der Waals surface area (Å²) >= 11 is 0. The first-order valence-corrected chi connectivity index (χ1v) is 3.75. The molecular weight excluding hydrogens is 136 g/mol. The molecule has 2 heteroatoms. The number of aromatic nitrogens is 1. The predicted octanol–water partition coefficient (Wildman–Crippen LogP) is 1.59. The number of nitrogens with zero attached hydrogens (tertiary/aromatic N) is 2. The second-order valence-electron chi connectivity index (χ2n) is 3.71. The van der Waals surface area contributed by atoms with E-state index in [0.29, 0.717) is 0 Å². The molecule has 60 valence electrons. The van der Waals surface area contributed by atoms with Gasteiger partial charge in [-0.05, 0) is 12.5 Å². The van der Waals surface area contributed by atoms with Crippen molar-refractivity contribution in [3.05, 3.63) is 23.9 Å². The van der Waals surface area contributed by atoms with Crippen LogP contribution in [-0.4, -0.2) is 26.1 Å². The highest BCUT2D eigenvalue weighted by Gasteiger charge is 2.11.